The van der Waals surface area contributed by atoms with Crippen LogP contribution >= 0.6 is 11.6 Å². The quantitative estimate of drug-likeness (QED) is 0.783. The Bertz CT molecular complexity index is 965. The molecule has 0 saturated carbocycles. The average molecular weight is 390 g/mol. The topological polar surface area (TPSA) is 54.5 Å². The monoisotopic (exact) mass is 389 g/mol. The third-order valence-corrected chi connectivity index (χ3v) is 6.92. The van der Waals surface area contributed by atoms with Gasteiger partial charge in [-0.3, -0.25) is 4.79 Å². The van der Waals surface area contributed by atoms with Gasteiger partial charge in [-0.15, -0.1) is 0 Å². The second kappa shape index (κ2) is 7.35. The summed E-state index contributed by atoms with van der Waals surface area (Å²) in [5, 5.41) is 0.595. The Balaban J connectivity index is 2.10. The normalized spacial score (nSPS) is 18.4. The number of hydrogen-bond donors (Lipinski definition) is 0. The third-order valence-electron chi connectivity index (χ3n) is 4.65. The van der Waals surface area contributed by atoms with Crippen molar-refractivity contribution < 1.29 is 13.2 Å². The number of nitrogens with zero attached hydrogens (tertiary/aromatic N) is 1. The number of Topliss-reactive ketones (excluding diaryl/α,β-unsaturated/α-hetero) is 1. The summed E-state index contributed by atoms with van der Waals surface area (Å²) >= 11 is 5.97. The summed E-state index contributed by atoms with van der Waals surface area (Å²) in [7, 11) is -3.76. The molecule has 0 saturated heterocycles. The molecule has 0 amide bonds. The Hall–Kier alpha value is -1.95. The van der Waals surface area contributed by atoms with Crippen LogP contribution < -0.4 is 0 Å². The van der Waals surface area contributed by atoms with E-state index in [1.807, 2.05) is 24.3 Å². The highest BCUT2D eigenvalue weighted by Crippen LogP contribution is 2.36. The summed E-state index contributed by atoms with van der Waals surface area (Å²) in [5.41, 5.74) is 2.05. The van der Waals surface area contributed by atoms with Gasteiger partial charge in [0.1, 0.15) is 0 Å². The van der Waals surface area contributed by atoms with Crippen LogP contribution in [-0.2, 0) is 14.8 Å². The standard InChI is InChI=1S/C20H20ClNO3S/c1-14-5-3-4-6-20(14)26(24,25)22-13-17(15(2)23)9-12-19(22)16-7-10-18(21)11-8-16/h3-11,19H,12-13H2,1-2H3/t19-/m0/s1. The van der Waals surface area contributed by atoms with Gasteiger partial charge in [0.2, 0.25) is 10.0 Å². The maximum atomic E-state index is 13.4. The highest BCUT2D eigenvalue weighted by Gasteiger charge is 2.36. The van der Waals surface area contributed by atoms with E-state index in [4.69, 9.17) is 11.6 Å². The maximum Gasteiger partial charge on any atom is 0.244 e. The summed E-state index contributed by atoms with van der Waals surface area (Å²) in [6.45, 7) is 3.31. The molecule has 2 aromatic carbocycles. The van der Waals surface area contributed by atoms with Gasteiger partial charge in [-0.1, -0.05) is 48.0 Å². The Morgan fingerprint density at radius 3 is 2.38 bits per heavy atom. The zero-order valence-electron chi connectivity index (χ0n) is 14.6. The van der Waals surface area contributed by atoms with Crippen LogP contribution in [0, 0.1) is 6.92 Å². The van der Waals surface area contributed by atoms with Gasteiger partial charge in [0.25, 0.3) is 0 Å². The van der Waals surface area contributed by atoms with Crippen LogP contribution in [0.2, 0.25) is 5.02 Å². The highest BCUT2D eigenvalue weighted by molar-refractivity contribution is 7.89. The van der Waals surface area contributed by atoms with Gasteiger partial charge >= 0.3 is 0 Å². The third kappa shape index (κ3) is 3.61. The van der Waals surface area contributed by atoms with Crippen molar-refractivity contribution in [1.82, 2.24) is 4.31 Å². The van der Waals surface area contributed by atoms with Crippen LogP contribution in [0.1, 0.15) is 30.5 Å². The Morgan fingerprint density at radius 1 is 1.12 bits per heavy atom. The van der Waals surface area contributed by atoms with E-state index in [2.05, 4.69) is 0 Å². The van der Waals surface area contributed by atoms with Crippen molar-refractivity contribution in [3.63, 3.8) is 0 Å². The molecule has 0 unspecified atom stereocenters. The van der Waals surface area contributed by atoms with Gasteiger partial charge in [0, 0.05) is 17.1 Å². The molecule has 136 valence electrons. The van der Waals surface area contributed by atoms with E-state index in [0.717, 1.165) is 5.56 Å². The summed E-state index contributed by atoms with van der Waals surface area (Å²) in [6, 6.07) is 13.7. The summed E-state index contributed by atoms with van der Waals surface area (Å²) in [6.07, 6.45) is 2.28. The lowest BCUT2D eigenvalue weighted by Gasteiger charge is -2.34. The Kier molecular flexibility index (Phi) is 5.32. The SMILES string of the molecule is CC(=O)C1=CC[C@@H](c2ccc(Cl)cc2)N(S(=O)(=O)c2ccccc2C)C1. The van der Waals surface area contributed by atoms with E-state index >= 15 is 0 Å². The number of carbonyl (C=O) groups is 1. The van der Waals surface area contributed by atoms with E-state index in [1.54, 1.807) is 37.3 Å². The molecule has 26 heavy (non-hydrogen) atoms. The molecule has 1 aliphatic heterocycles. The van der Waals surface area contributed by atoms with E-state index in [0.29, 0.717) is 22.6 Å². The molecule has 1 atom stereocenters. The van der Waals surface area contributed by atoms with Crippen molar-refractivity contribution >= 4 is 27.4 Å². The largest absolute Gasteiger partial charge is 0.295 e. The summed E-state index contributed by atoms with van der Waals surface area (Å²) < 4.78 is 28.2. The number of sulfonamides is 1. The fraction of sp³-hybridized carbons (Fsp3) is 0.250. The smallest absolute Gasteiger partial charge is 0.244 e. The minimum atomic E-state index is -3.76. The van der Waals surface area contributed by atoms with Gasteiger partial charge in [0.15, 0.2) is 5.78 Å². The van der Waals surface area contributed by atoms with Crippen molar-refractivity contribution in [2.75, 3.05) is 6.54 Å². The predicted octanol–water partition coefficient (Wildman–Crippen LogP) is 4.30. The van der Waals surface area contributed by atoms with Crippen LogP contribution in [0.5, 0.6) is 0 Å². The number of rotatable bonds is 4. The molecule has 0 spiro atoms. The molecule has 0 aliphatic carbocycles. The zero-order valence-corrected chi connectivity index (χ0v) is 16.2. The van der Waals surface area contributed by atoms with Crippen LogP contribution in [0.4, 0.5) is 0 Å². The molecule has 0 N–H and O–H groups in total. The van der Waals surface area contributed by atoms with Crippen molar-refractivity contribution in [2.45, 2.75) is 31.2 Å². The highest BCUT2D eigenvalue weighted by atomic mass is 35.5. The van der Waals surface area contributed by atoms with Crippen molar-refractivity contribution in [2.24, 2.45) is 0 Å². The predicted molar refractivity (Wildman–Crippen MR) is 103 cm³/mol. The summed E-state index contributed by atoms with van der Waals surface area (Å²) in [4.78, 5) is 12.1. The van der Waals surface area contributed by atoms with Gasteiger partial charge in [0.05, 0.1) is 10.9 Å². The van der Waals surface area contributed by atoms with Gasteiger partial charge in [-0.05, 0) is 49.6 Å². The van der Waals surface area contributed by atoms with E-state index in [1.165, 1.54) is 11.2 Å². The first-order chi connectivity index (χ1) is 12.3. The molecule has 0 radical (unpaired) electrons. The lowest BCUT2D eigenvalue weighted by molar-refractivity contribution is -0.113. The molecule has 3 rings (SSSR count). The molecular formula is C20H20ClNO3S. The van der Waals surface area contributed by atoms with Crippen LogP contribution in [0.15, 0.2) is 65.1 Å². The molecule has 0 aromatic heterocycles. The van der Waals surface area contributed by atoms with Crippen LogP contribution in [-0.4, -0.2) is 25.1 Å². The van der Waals surface area contributed by atoms with Crippen LogP contribution in [0.3, 0.4) is 0 Å². The van der Waals surface area contributed by atoms with Gasteiger partial charge in [-0.25, -0.2) is 8.42 Å². The minimum Gasteiger partial charge on any atom is -0.295 e. The average Bonchev–Trinajstić information content (AvgIpc) is 2.62. The lowest BCUT2D eigenvalue weighted by Crippen LogP contribution is -2.39. The number of hydrogen-bond acceptors (Lipinski definition) is 3. The Morgan fingerprint density at radius 2 is 1.77 bits per heavy atom. The second-order valence-corrected chi connectivity index (χ2v) is 8.70. The van der Waals surface area contributed by atoms with Gasteiger partial charge in [-0.2, -0.15) is 4.31 Å². The summed E-state index contributed by atoms with van der Waals surface area (Å²) in [5.74, 6) is -0.107. The molecule has 1 heterocycles. The van der Waals surface area contributed by atoms with Crippen molar-refractivity contribution in [3.05, 3.63) is 76.3 Å². The van der Waals surface area contributed by atoms with E-state index in [9.17, 15) is 13.2 Å². The number of aryl methyl sites for hydroxylation is 1. The number of ketones is 1. The lowest BCUT2D eigenvalue weighted by atomic mass is 9.97. The molecule has 0 bridgehead atoms. The number of benzene rings is 2. The Labute approximate surface area is 159 Å². The van der Waals surface area contributed by atoms with Crippen LogP contribution in [0.25, 0.3) is 0 Å². The molecule has 1 aliphatic rings. The minimum absolute atomic E-state index is 0.0687. The fourth-order valence-corrected chi connectivity index (χ4v) is 5.14. The van der Waals surface area contributed by atoms with Crippen molar-refractivity contribution in [1.29, 1.82) is 0 Å². The first-order valence-corrected chi connectivity index (χ1v) is 10.2. The van der Waals surface area contributed by atoms with E-state index in [-0.39, 0.29) is 23.3 Å². The molecule has 6 heteroatoms. The maximum absolute atomic E-state index is 13.4. The second-order valence-electron chi connectivity index (χ2n) is 6.40. The molecule has 0 fully saturated rings. The molecule has 2 aromatic rings. The first-order valence-electron chi connectivity index (χ1n) is 8.33. The van der Waals surface area contributed by atoms with Crippen molar-refractivity contribution in [3.8, 4) is 0 Å². The fourth-order valence-electron chi connectivity index (χ4n) is 3.18. The number of halogens is 1. The zero-order chi connectivity index (χ0) is 18.9. The van der Waals surface area contributed by atoms with Gasteiger partial charge < -0.3 is 0 Å². The van der Waals surface area contributed by atoms with E-state index < -0.39 is 10.0 Å². The first kappa shape index (κ1) is 18.8. The molecular weight excluding hydrogens is 370 g/mol. The number of carbonyl (C=O) groups excluding carboxylic acids is 1. The molecule has 4 nitrogen and oxygen atoms in total.